The molecule has 4 aromatic rings. The van der Waals surface area contributed by atoms with E-state index in [4.69, 9.17) is 0 Å². The van der Waals surface area contributed by atoms with E-state index < -0.39 is 11.4 Å². The molecule has 0 bridgehead atoms. The van der Waals surface area contributed by atoms with Gasteiger partial charge in [-0.2, -0.15) is 15.0 Å². The van der Waals surface area contributed by atoms with Gasteiger partial charge in [0.1, 0.15) is 11.6 Å². The summed E-state index contributed by atoms with van der Waals surface area (Å²) in [5.41, 5.74) is -0.225. The largest absolute Gasteiger partial charge is 0.492 e. The molecular weight excluding hydrogens is 360 g/mol. The Bertz CT molecular complexity index is 1250. The minimum atomic E-state index is -0.632. The molecule has 0 saturated heterocycles. The van der Waals surface area contributed by atoms with Gasteiger partial charge in [-0.05, 0) is 24.3 Å². The summed E-state index contributed by atoms with van der Waals surface area (Å²) in [6.07, 6.45) is 2.89. The third kappa shape index (κ3) is 2.93. The van der Waals surface area contributed by atoms with Crippen LogP contribution in [0, 0.1) is 11.3 Å². The zero-order chi connectivity index (χ0) is 19.5. The molecule has 0 aliphatic rings. The summed E-state index contributed by atoms with van der Waals surface area (Å²) in [6, 6.07) is 15.9. The molecule has 2 N–H and O–H groups in total. The van der Waals surface area contributed by atoms with Crippen molar-refractivity contribution in [3.8, 4) is 23.5 Å². The summed E-state index contributed by atoms with van der Waals surface area (Å²) >= 11 is 0. The van der Waals surface area contributed by atoms with E-state index in [0.717, 1.165) is 0 Å². The SMILES string of the molecule is N#Cc1cnn(-c2ccccn2)c1N=Nc1c(O)n(-c2ccccc2)[nH]c1=O. The monoisotopic (exact) mass is 372 g/mol. The molecule has 0 saturated carbocycles. The van der Waals surface area contributed by atoms with Crippen molar-refractivity contribution in [1.29, 1.82) is 5.26 Å². The van der Waals surface area contributed by atoms with Crippen LogP contribution >= 0.6 is 0 Å². The Kier molecular flexibility index (Phi) is 4.23. The highest BCUT2D eigenvalue weighted by Crippen LogP contribution is 2.28. The molecule has 0 atom stereocenters. The van der Waals surface area contributed by atoms with Gasteiger partial charge in [-0.3, -0.25) is 9.89 Å². The van der Waals surface area contributed by atoms with Crippen LogP contribution in [-0.4, -0.2) is 29.7 Å². The highest BCUT2D eigenvalue weighted by Gasteiger charge is 2.17. The fourth-order valence-corrected chi connectivity index (χ4v) is 2.53. The number of H-pyrrole nitrogens is 1. The van der Waals surface area contributed by atoms with Crippen LogP contribution in [-0.2, 0) is 0 Å². The molecule has 0 aliphatic carbocycles. The van der Waals surface area contributed by atoms with E-state index in [1.165, 1.54) is 15.6 Å². The van der Waals surface area contributed by atoms with E-state index in [1.54, 1.807) is 48.7 Å². The molecule has 0 radical (unpaired) electrons. The Morgan fingerprint density at radius 2 is 1.89 bits per heavy atom. The quantitative estimate of drug-likeness (QED) is 0.531. The summed E-state index contributed by atoms with van der Waals surface area (Å²) in [5.74, 6) is 0.118. The Hall–Kier alpha value is -4.52. The zero-order valence-electron chi connectivity index (χ0n) is 14.3. The molecule has 3 heterocycles. The average Bonchev–Trinajstić information content (AvgIpc) is 3.28. The number of nitrogens with one attached hydrogen (secondary N) is 1. The molecule has 4 rings (SSSR count). The number of aromatic amines is 1. The maximum atomic E-state index is 12.2. The predicted octanol–water partition coefficient (Wildman–Crippen LogP) is 2.74. The lowest BCUT2D eigenvalue weighted by molar-refractivity contribution is 0.434. The van der Waals surface area contributed by atoms with Crippen LogP contribution in [0.25, 0.3) is 11.5 Å². The van der Waals surface area contributed by atoms with Crippen LogP contribution in [0.5, 0.6) is 5.88 Å². The van der Waals surface area contributed by atoms with E-state index in [0.29, 0.717) is 11.5 Å². The average molecular weight is 372 g/mol. The number of hydrogen-bond acceptors (Lipinski definition) is 7. The lowest BCUT2D eigenvalue weighted by Crippen LogP contribution is -2.03. The smallest absolute Gasteiger partial charge is 0.296 e. The molecule has 10 nitrogen and oxygen atoms in total. The highest BCUT2D eigenvalue weighted by molar-refractivity contribution is 5.53. The van der Waals surface area contributed by atoms with Crippen molar-refractivity contribution in [1.82, 2.24) is 24.5 Å². The Morgan fingerprint density at radius 3 is 2.61 bits per heavy atom. The number of nitriles is 1. The summed E-state index contributed by atoms with van der Waals surface area (Å²) < 4.78 is 2.51. The number of aromatic hydroxyl groups is 1. The van der Waals surface area contributed by atoms with Crippen LogP contribution in [0.4, 0.5) is 11.5 Å². The Balaban J connectivity index is 1.78. The Morgan fingerprint density at radius 1 is 1.11 bits per heavy atom. The summed E-state index contributed by atoms with van der Waals surface area (Å²) in [4.78, 5) is 16.4. The second kappa shape index (κ2) is 7.00. The fourth-order valence-electron chi connectivity index (χ4n) is 2.53. The van der Waals surface area contributed by atoms with Crippen LogP contribution in [0.2, 0.25) is 0 Å². The third-order valence-electron chi connectivity index (χ3n) is 3.84. The molecule has 0 fully saturated rings. The number of aromatic nitrogens is 5. The normalized spacial score (nSPS) is 11.0. The lowest BCUT2D eigenvalue weighted by atomic mass is 10.3. The molecule has 1 aromatic carbocycles. The topological polar surface area (TPSA) is 137 Å². The molecule has 28 heavy (non-hydrogen) atoms. The number of pyridine rings is 1. The standard InChI is InChI=1S/C18H12N8O2/c19-10-12-11-21-26(14-8-4-5-9-20-14)16(12)23-22-15-17(27)24-25(18(15)28)13-6-2-1-3-7-13/h1-9,11,28H,(H,24,27). The van der Waals surface area contributed by atoms with Crippen molar-refractivity contribution in [3.05, 3.63) is 76.8 Å². The molecule has 0 spiro atoms. The van der Waals surface area contributed by atoms with E-state index in [9.17, 15) is 15.2 Å². The van der Waals surface area contributed by atoms with Gasteiger partial charge < -0.3 is 5.11 Å². The van der Waals surface area contributed by atoms with Gasteiger partial charge in [0.15, 0.2) is 11.6 Å². The van der Waals surface area contributed by atoms with Gasteiger partial charge in [0.25, 0.3) is 5.56 Å². The minimum Gasteiger partial charge on any atom is -0.492 e. The van der Waals surface area contributed by atoms with Gasteiger partial charge in [-0.1, -0.05) is 24.3 Å². The van der Waals surface area contributed by atoms with Crippen LogP contribution in [0.3, 0.4) is 0 Å². The first kappa shape index (κ1) is 16.9. The van der Waals surface area contributed by atoms with E-state index in [1.807, 2.05) is 12.1 Å². The summed E-state index contributed by atoms with van der Waals surface area (Å²) in [5, 5.41) is 34.1. The zero-order valence-corrected chi connectivity index (χ0v) is 14.3. The van der Waals surface area contributed by atoms with Gasteiger partial charge in [-0.25, -0.2) is 9.67 Å². The molecule has 0 aliphatic heterocycles. The first-order valence-electron chi connectivity index (χ1n) is 8.09. The van der Waals surface area contributed by atoms with Crippen LogP contribution in [0.15, 0.2) is 75.9 Å². The van der Waals surface area contributed by atoms with Crippen molar-refractivity contribution in [2.75, 3.05) is 0 Å². The number of rotatable bonds is 4. The van der Waals surface area contributed by atoms with Gasteiger partial charge in [0.2, 0.25) is 11.6 Å². The summed E-state index contributed by atoms with van der Waals surface area (Å²) in [7, 11) is 0. The molecule has 10 heteroatoms. The number of nitrogens with zero attached hydrogens (tertiary/aromatic N) is 7. The van der Waals surface area contributed by atoms with Crippen molar-refractivity contribution < 1.29 is 5.11 Å². The highest BCUT2D eigenvalue weighted by atomic mass is 16.3. The van der Waals surface area contributed by atoms with Crippen molar-refractivity contribution in [3.63, 3.8) is 0 Å². The molecule has 0 unspecified atom stereocenters. The van der Waals surface area contributed by atoms with Crippen molar-refractivity contribution >= 4 is 11.5 Å². The maximum absolute atomic E-state index is 12.2. The fraction of sp³-hybridized carbons (Fsp3) is 0. The summed E-state index contributed by atoms with van der Waals surface area (Å²) in [6.45, 7) is 0. The maximum Gasteiger partial charge on any atom is 0.296 e. The number of para-hydroxylation sites is 1. The minimum absolute atomic E-state index is 0.0902. The van der Waals surface area contributed by atoms with Crippen molar-refractivity contribution in [2.24, 2.45) is 10.2 Å². The molecule has 3 aromatic heterocycles. The first-order valence-corrected chi connectivity index (χ1v) is 8.09. The van der Waals surface area contributed by atoms with Gasteiger partial charge >= 0.3 is 0 Å². The molecule has 136 valence electrons. The van der Waals surface area contributed by atoms with Crippen LogP contribution in [0.1, 0.15) is 5.56 Å². The Labute approximate surface area is 157 Å². The second-order valence-corrected chi connectivity index (χ2v) is 5.58. The first-order chi connectivity index (χ1) is 13.7. The number of azo groups is 1. The second-order valence-electron chi connectivity index (χ2n) is 5.58. The number of benzene rings is 1. The number of hydrogen-bond donors (Lipinski definition) is 2. The predicted molar refractivity (Wildman–Crippen MR) is 98.3 cm³/mol. The van der Waals surface area contributed by atoms with E-state index in [2.05, 4.69) is 25.4 Å². The molecule has 0 amide bonds. The van der Waals surface area contributed by atoms with Gasteiger partial charge in [-0.15, -0.1) is 10.2 Å². The van der Waals surface area contributed by atoms with Gasteiger partial charge in [0, 0.05) is 6.20 Å². The van der Waals surface area contributed by atoms with Crippen molar-refractivity contribution in [2.45, 2.75) is 0 Å². The third-order valence-corrected chi connectivity index (χ3v) is 3.84. The molecular formula is C18H12N8O2. The van der Waals surface area contributed by atoms with E-state index >= 15 is 0 Å². The lowest BCUT2D eigenvalue weighted by Gasteiger charge is -2.03. The van der Waals surface area contributed by atoms with E-state index in [-0.39, 0.29) is 17.1 Å². The van der Waals surface area contributed by atoms with Crippen LogP contribution < -0.4 is 5.56 Å². The van der Waals surface area contributed by atoms with Gasteiger partial charge in [0.05, 0.1) is 11.9 Å².